The molecule has 0 radical (unpaired) electrons. The van der Waals surface area contributed by atoms with Crippen molar-refractivity contribution in [1.29, 1.82) is 5.41 Å². The normalized spacial score (nSPS) is 13.6. The van der Waals surface area contributed by atoms with E-state index in [0.717, 1.165) is 22.0 Å². The lowest BCUT2D eigenvalue weighted by atomic mass is 10.1. The smallest absolute Gasteiger partial charge is 0.270 e. The minimum atomic E-state index is -0.0979. The molecule has 3 N–H and O–H groups in total. The van der Waals surface area contributed by atoms with E-state index in [1.54, 1.807) is 42.0 Å². The Bertz CT molecular complexity index is 1780. The molecule has 0 spiro atoms. The van der Waals surface area contributed by atoms with Crippen LogP contribution in [0.5, 0.6) is 11.5 Å². The van der Waals surface area contributed by atoms with Crippen LogP contribution in [-0.4, -0.2) is 57.6 Å². The summed E-state index contributed by atoms with van der Waals surface area (Å²) >= 11 is 5.58. The molecule has 0 unspecified atom stereocenters. The fraction of sp³-hybridized carbons (Fsp3) is 0.185. The number of hydrogen-bond donors (Lipinski definition) is 3. The first-order chi connectivity index (χ1) is 18.0. The number of aromatic amines is 2. The molecule has 186 valence electrons. The lowest BCUT2D eigenvalue weighted by Crippen LogP contribution is -2.53. The summed E-state index contributed by atoms with van der Waals surface area (Å²) in [5.41, 5.74) is 4.47. The predicted molar refractivity (Wildman–Crippen MR) is 143 cm³/mol. The number of hydrogen-bond acceptors (Lipinski definition) is 6. The second-order valence-electron chi connectivity index (χ2n) is 8.99. The molecular formula is C27H24N6O3S. The van der Waals surface area contributed by atoms with E-state index in [9.17, 15) is 4.79 Å². The highest BCUT2D eigenvalue weighted by Crippen LogP contribution is 2.31. The Morgan fingerprint density at radius 1 is 1.03 bits per heavy atom. The van der Waals surface area contributed by atoms with E-state index in [2.05, 4.69) is 21.0 Å². The Balaban J connectivity index is 1.25. The van der Waals surface area contributed by atoms with E-state index in [4.69, 9.17) is 27.1 Å². The number of rotatable bonds is 5. The van der Waals surface area contributed by atoms with E-state index < -0.39 is 0 Å². The Morgan fingerprint density at radius 2 is 1.81 bits per heavy atom. The van der Waals surface area contributed by atoms with Crippen molar-refractivity contribution in [2.45, 2.75) is 6.04 Å². The molecule has 0 atom stereocenters. The third-order valence-electron chi connectivity index (χ3n) is 6.84. The first-order valence-electron chi connectivity index (χ1n) is 11.7. The molecular weight excluding hydrogens is 488 g/mol. The molecule has 6 rings (SSSR count). The second-order valence-corrected chi connectivity index (χ2v) is 9.38. The summed E-state index contributed by atoms with van der Waals surface area (Å²) in [6, 6.07) is 15.3. The van der Waals surface area contributed by atoms with Crippen molar-refractivity contribution in [3.8, 4) is 22.6 Å². The van der Waals surface area contributed by atoms with Crippen molar-refractivity contribution in [2.75, 3.05) is 27.3 Å². The second kappa shape index (κ2) is 8.90. The highest BCUT2D eigenvalue weighted by molar-refractivity contribution is 7.71. The van der Waals surface area contributed by atoms with Gasteiger partial charge in [-0.1, -0.05) is 12.1 Å². The number of carbonyl (C=O) groups is 1. The molecule has 5 aromatic rings. The van der Waals surface area contributed by atoms with E-state index in [1.807, 2.05) is 36.5 Å². The van der Waals surface area contributed by atoms with Crippen molar-refractivity contribution >= 4 is 39.9 Å². The van der Waals surface area contributed by atoms with Crippen LogP contribution < -0.4 is 15.0 Å². The van der Waals surface area contributed by atoms with Gasteiger partial charge in [0, 0.05) is 53.4 Å². The Kier molecular flexibility index (Phi) is 5.53. The van der Waals surface area contributed by atoms with Gasteiger partial charge in [-0.15, -0.1) is 0 Å². The number of ether oxygens (including phenoxy) is 2. The Morgan fingerprint density at radius 3 is 2.54 bits per heavy atom. The molecule has 0 aliphatic carbocycles. The van der Waals surface area contributed by atoms with Crippen LogP contribution in [0, 0.1) is 10.2 Å². The maximum Gasteiger partial charge on any atom is 0.270 e. The monoisotopic (exact) mass is 512 g/mol. The number of nitrogens with zero attached hydrogens (tertiary/aromatic N) is 3. The van der Waals surface area contributed by atoms with Gasteiger partial charge in [-0.2, -0.15) is 0 Å². The van der Waals surface area contributed by atoms with Gasteiger partial charge >= 0.3 is 0 Å². The molecule has 1 aliphatic heterocycles. The number of aromatic nitrogens is 4. The summed E-state index contributed by atoms with van der Waals surface area (Å²) in [7, 11) is 3.13. The first kappa shape index (κ1) is 23.0. The van der Waals surface area contributed by atoms with Crippen LogP contribution in [0.3, 0.4) is 0 Å². The molecule has 3 aromatic heterocycles. The summed E-state index contributed by atoms with van der Waals surface area (Å²) in [5.74, 6) is 1.02. The van der Waals surface area contributed by atoms with Crippen LogP contribution in [0.15, 0.2) is 60.9 Å². The highest BCUT2D eigenvalue weighted by atomic mass is 32.1. The van der Waals surface area contributed by atoms with Gasteiger partial charge in [0.05, 0.1) is 25.8 Å². The molecule has 1 fully saturated rings. The molecule has 4 heterocycles. The predicted octanol–water partition coefficient (Wildman–Crippen LogP) is 4.44. The molecule has 1 amide bonds. The van der Waals surface area contributed by atoms with Gasteiger partial charge in [0.1, 0.15) is 11.2 Å². The average molecular weight is 513 g/mol. The molecule has 10 heteroatoms. The van der Waals surface area contributed by atoms with Crippen LogP contribution >= 0.6 is 12.2 Å². The average Bonchev–Trinajstić information content (AvgIpc) is 3.33. The van der Waals surface area contributed by atoms with Crippen molar-refractivity contribution < 1.29 is 14.3 Å². The van der Waals surface area contributed by atoms with Gasteiger partial charge < -0.3 is 24.3 Å². The highest BCUT2D eigenvalue weighted by Gasteiger charge is 2.34. The molecule has 2 aromatic carbocycles. The zero-order valence-electron chi connectivity index (χ0n) is 20.2. The lowest BCUT2D eigenvalue weighted by molar-refractivity contribution is 0.0505. The van der Waals surface area contributed by atoms with Crippen molar-refractivity contribution in [2.24, 2.45) is 0 Å². The van der Waals surface area contributed by atoms with Crippen molar-refractivity contribution in [3.63, 3.8) is 0 Å². The minimum Gasteiger partial charge on any atom is -0.493 e. The fourth-order valence-corrected chi connectivity index (χ4v) is 5.20. The first-order valence-corrected chi connectivity index (χ1v) is 12.1. The zero-order chi connectivity index (χ0) is 25.7. The lowest BCUT2D eigenvalue weighted by Gasteiger charge is -2.40. The number of H-pyrrole nitrogens is 2. The van der Waals surface area contributed by atoms with E-state index in [0.29, 0.717) is 46.0 Å². The number of pyridine rings is 1. The van der Waals surface area contributed by atoms with Crippen LogP contribution in [-0.2, 0) is 0 Å². The minimum absolute atomic E-state index is 0.0791. The van der Waals surface area contributed by atoms with Crippen LogP contribution in [0.4, 0.5) is 0 Å². The van der Waals surface area contributed by atoms with Gasteiger partial charge in [0.15, 0.2) is 16.3 Å². The molecule has 9 nitrogen and oxygen atoms in total. The number of amides is 1. The van der Waals surface area contributed by atoms with Gasteiger partial charge in [-0.05, 0) is 48.1 Å². The fourth-order valence-electron chi connectivity index (χ4n) is 4.85. The number of fused-ring (bicyclic) bond motifs is 2. The maximum absolute atomic E-state index is 13.2. The quantitative estimate of drug-likeness (QED) is 0.302. The summed E-state index contributed by atoms with van der Waals surface area (Å²) in [5, 5.41) is 10.4. The molecule has 1 saturated heterocycles. The van der Waals surface area contributed by atoms with Gasteiger partial charge in [0.25, 0.3) is 5.91 Å². The van der Waals surface area contributed by atoms with Crippen molar-refractivity contribution in [1.82, 2.24) is 24.4 Å². The molecule has 0 bridgehead atoms. The van der Waals surface area contributed by atoms with E-state index in [1.165, 1.54) is 0 Å². The Labute approximate surface area is 216 Å². The third-order valence-corrected chi connectivity index (χ3v) is 7.14. The summed E-state index contributed by atoms with van der Waals surface area (Å²) in [6.07, 6.45) is 3.57. The third kappa shape index (κ3) is 3.86. The van der Waals surface area contributed by atoms with Gasteiger partial charge in [-0.3, -0.25) is 19.8 Å². The summed E-state index contributed by atoms with van der Waals surface area (Å²) in [6.45, 7) is 0.921. The summed E-state index contributed by atoms with van der Waals surface area (Å²) in [4.78, 5) is 25.6. The summed E-state index contributed by atoms with van der Waals surface area (Å²) < 4.78 is 13.0. The number of nitrogens with one attached hydrogen (secondary N) is 3. The van der Waals surface area contributed by atoms with Gasteiger partial charge in [0.2, 0.25) is 0 Å². The standard InChI is InChI=1S/C27H24N6O3S/c1-35-23-10-19-21(11-24(23)36-2)31-27(37)33(25(19)28)18-13-32(14-18)26(34)22-9-17-8-15(5-6-20(17)30-22)16-4-3-7-29-12-16/h3-12,18,28,30H,13-14H2,1-2H3,(H,31,37). The maximum atomic E-state index is 13.2. The SMILES string of the molecule is COc1cc2[nH]c(=S)n(C3CN(C(=O)c4cc5cc(-c6cccnc6)ccc5[nH]4)C3)c(=N)c2cc1OC. The zero-order valence-corrected chi connectivity index (χ0v) is 21.1. The van der Waals surface area contributed by atoms with Crippen LogP contribution in [0.2, 0.25) is 0 Å². The number of carbonyl (C=O) groups excluding carboxylic acids is 1. The number of benzene rings is 2. The Hall–Kier alpha value is -4.44. The van der Waals surface area contributed by atoms with E-state index >= 15 is 0 Å². The number of likely N-dealkylation sites (tertiary alicyclic amines) is 1. The molecule has 1 aliphatic rings. The number of methoxy groups -OCH3 is 2. The topological polar surface area (TPSA) is 112 Å². The molecule has 37 heavy (non-hydrogen) atoms. The molecule has 0 saturated carbocycles. The van der Waals surface area contributed by atoms with Crippen LogP contribution in [0.1, 0.15) is 16.5 Å². The van der Waals surface area contributed by atoms with Crippen LogP contribution in [0.25, 0.3) is 32.9 Å². The van der Waals surface area contributed by atoms with Crippen molar-refractivity contribution in [3.05, 3.63) is 76.9 Å². The van der Waals surface area contributed by atoms with Gasteiger partial charge in [-0.25, -0.2) is 0 Å². The largest absolute Gasteiger partial charge is 0.493 e. The van der Waals surface area contributed by atoms with E-state index in [-0.39, 0.29) is 17.4 Å².